The van der Waals surface area contributed by atoms with Crippen molar-refractivity contribution in [2.45, 2.75) is 31.0 Å². The van der Waals surface area contributed by atoms with Gasteiger partial charge in [-0.3, -0.25) is 4.31 Å². The van der Waals surface area contributed by atoms with E-state index in [9.17, 15) is 23.1 Å². The number of hydrogen-bond donors (Lipinski definition) is 3. The largest absolute Gasteiger partial charge is 0.478 e. The van der Waals surface area contributed by atoms with E-state index in [4.69, 9.17) is 17.0 Å². The number of aromatic nitrogens is 1. The van der Waals surface area contributed by atoms with E-state index < -0.39 is 17.7 Å². The van der Waals surface area contributed by atoms with Crippen molar-refractivity contribution in [2.24, 2.45) is 0 Å². The molecule has 35 heavy (non-hydrogen) atoms. The number of aromatic carboxylic acids is 1. The average Bonchev–Trinajstić information content (AvgIpc) is 2.82. The quantitative estimate of drug-likeness (QED) is 0.212. The zero-order valence-electron chi connectivity index (χ0n) is 18.8. The lowest BCUT2D eigenvalue weighted by molar-refractivity contribution is -0.137. The van der Waals surface area contributed by atoms with Crippen molar-refractivity contribution in [3.63, 3.8) is 0 Å². The highest BCUT2D eigenvalue weighted by atomic mass is 35.5. The predicted molar refractivity (Wildman–Crippen MR) is 133 cm³/mol. The van der Waals surface area contributed by atoms with Crippen molar-refractivity contribution in [3.05, 3.63) is 81.5 Å². The van der Waals surface area contributed by atoms with Gasteiger partial charge in [-0.25, -0.2) is 9.78 Å². The molecule has 1 heterocycles. The van der Waals surface area contributed by atoms with Crippen LogP contribution in [0.25, 0.3) is 0 Å². The molecule has 0 aliphatic rings. The summed E-state index contributed by atoms with van der Waals surface area (Å²) in [4.78, 5) is 16.1. The average molecular weight is 523 g/mol. The second-order valence-electron chi connectivity index (χ2n) is 7.45. The number of pyridine rings is 1. The first-order valence-corrected chi connectivity index (χ1v) is 11.6. The summed E-state index contributed by atoms with van der Waals surface area (Å²) in [6, 6.07) is 11.0. The van der Waals surface area contributed by atoms with E-state index in [1.54, 1.807) is 35.6 Å². The minimum atomic E-state index is -4.59. The highest BCUT2D eigenvalue weighted by Crippen LogP contribution is 2.39. The molecule has 6 nitrogen and oxygen atoms in total. The van der Waals surface area contributed by atoms with Gasteiger partial charge in [-0.05, 0) is 65.9 Å². The topological polar surface area (TPSA) is 89.3 Å². The predicted octanol–water partition coefficient (Wildman–Crippen LogP) is 6.77. The lowest BCUT2D eigenvalue weighted by atomic mass is 10.1. The molecule has 11 heteroatoms. The van der Waals surface area contributed by atoms with Crippen LogP contribution in [0.1, 0.15) is 39.5 Å². The van der Waals surface area contributed by atoms with Crippen LogP contribution in [0.5, 0.6) is 0 Å². The van der Waals surface area contributed by atoms with Gasteiger partial charge < -0.3 is 15.8 Å². The summed E-state index contributed by atoms with van der Waals surface area (Å²) in [6.45, 7) is 2.09. The number of aryl methyl sites for hydroxylation is 1. The van der Waals surface area contributed by atoms with Crippen LogP contribution in [-0.2, 0) is 19.1 Å². The number of rotatable bonds is 9. The fourth-order valence-electron chi connectivity index (χ4n) is 3.34. The number of alkyl halides is 3. The van der Waals surface area contributed by atoms with Crippen LogP contribution in [0.3, 0.4) is 0 Å². The first-order chi connectivity index (χ1) is 16.6. The molecule has 0 saturated carbocycles. The number of hydrogen-bond acceptors (Lipinski definition) is 6. The Morgan fingerprint density at radius 2 is 2.00 bits per heavy atom. The van der Waals surface area contributed by atoms with Crippen LogP contribution in [0.4, 0.5) is 24.7 Å². The second kappa shape index (κ2) is 11.0. The Balaban J connectivity index is 2.06. The molecule has 2 aromatic carbocycles. The minimum Gasteiger partial charge on any atom is -0.478 e. The van der Waals surface area contributed by atoms with Crippen molar-refractivity contribution in [3.8, 4) is 0 Å². The standard InChI is InChI=1S/C24H22ClF3N4O2S/c1-3-15-9-16(23(33)34)5-7-21(15)35-32(13-14-4-6-20(30-2)17(8-14)11-29)22-19(25)10-18(12-31-22)24(26,27)28/h4-12,29-30H,3,13H2,1-2H3,(H,33,34). The summed E-state index contributed by atoms with van der Waals surface area (Å²) in [5, 5.41) is 19.8. The first-order valence-electron chi connectivity index (χ1n) is 10.4. The lowest BCUT2D eigenvalue weighted by Crippen LogP contribution is -2.17. The fraction of sp³-hybridized carbons (Fsp3) is 0.208. The SMILES string of the molecule is CCc1cc(C(=O)O)ccc1SN(Cc1ccc(NC)c(C=N)c1)c1ncc(C(F)(F)F)cc1Cl. The van der Waals surface area contributed by atoms with E-state index in [-0.39, 0.29) is 22.9 Å². The molecule has 3 aromatic rings. The molecule has 1 aromatic heterocycles. The fourth-order valence-corrected chi connectivity index (χ4v) is 4.79. The summed E-state index contributed by atoms with van der Waals surface area (Å²) >= 11 is 7.47. The summed E-state index contributed by atoms with van der Waals surface area (Å²) in [5.74, 6) is -0.924. The Hall–Kier alpha value is -3.24. The number of carbonyl (C=O) groups is 1. The maximum absolute atomic E-state index is 13.2. The molecule has 0 fully saturated rings. The van der Waals surface area contributed by atoms with Gasteiger partial charge in [-0.15, -0.1) is 0 Å². The first kappa shape index (κ1) is 26.4. The Kier molecular flexibility index (Phi) is 8.29. The molecule has 0 saturated heterocycles. The van der Waals surface area contributed by atoms with Crippen LogP contribution >= 0.6 is 23.5 Å². The van der Waals surface area contributed by atoms with Gasteiger partial charge in [0.2, 0.25) is 0 Å². The molecule has 0 amide bonds. The van der Waals surface area contributed by atoms with E-state index >= 15 is 0 Å². The molecule has 3 rings (SSSR count). The van der Waals surface area contributed by atoms with Crippen LogP contribution in [0.2, 0.25) is 5.02 Å². The Bertz CT molecular complexity index is 1250. The van der Waals surface area contributed by atoms with Crippen molar-refractivity contribution < 1.29 is 23.1 Å². The number of halogens is 4. The number of carboxylic acids is 1. The lowest BCUT2D eigenvalue weighted by Gasteiger charge is -2.25. The third-order valence-corrected chi connectivity index (χ3v) is 6.54. The van der Waals surface area contributed by atoms with Crippen molar-refractivity contribution in [2.75, 3.05) is 16.7 Å². The van der Waals surface area contributed by atoms with Crippen LogP contribution in [0.15, 0.2) is 53.6 Å². The van der Waals surface area contributed by atoms with E-state index in [1.165, 1.54) is 24.2 Å². The maximum atomic E-state index is 13.2. The third kappa shape index (κ3) is 6.26. The van der Waals surface area contributed by atoms with Crippen molar-refractivity contribution in [1.82, 2.24) is 4.98 Å². The Morgan fingerprint density at radius 3 is 2.57 bits per heavy atom. The number of carboxylic acid groups (broad SMARTS) is 1. The zero-order chi connectivity index (χ0) is 25.8. The van der Waals surface area contributed by atoms with Gasteiger partial charge in [-0.2, -0.15) is 13.2 Å². The number of benzene rings is 2. The summed E-state index contributed by atoms with van der Waals surface area (Å²) < 4.78 is 41.1. The number of nitrogens with one attached hydrogen (secondary N) is 2. The normalized spacial score (nSPS) is 11.3. The van der Waals surface area contributed by atoms with Gasteiger partial charge in [0.15, 0.2) is 5.82 Å². The summed E-state index contributed by atoms with van der Waals surface area (Å²) in [7, 11) is 1.74. The molecule has 0 unspecified atom stereocenters. The molecule has 0 bridgehead atoms. The smallest absolute Gasteiger partial charge is 0.417 e. The molecule has 0 spiro atoms. The maximum Gasteiger partial charge on any atom is 0.417 e. The van der Waals surface area contributed by atoms with Crippen molar-refractivity contribution in [1.29, 1.82) is 5.41 Å². The minimum absolute atomic E-state index is 0.128. The summed E-state index contributed by atoms with van der Waals surface area (Å²) in [5.41, 5.74) is 2.11. The highest BCUT2D eigenvalue weighted by Gasteiger charge is 2.32. The van der Waals surface area contributed by atoms with E-state index in [1.807, 2.05) is 13.0 Å². The van der Waals surface area contributed by atoms with Crippen LogP contribution < -0.4 is 9.62 Å². The van der Waals surface area contributed by atoms with Gasteiger partial charge in [0, 0.05) is 35.6 Å². The Labute approximate surface area is 209 Å². The van der Waals surface area contributed by atoms with Crippen LogP contribution in [0, 0.1) is 5.41 Å². The molecule has 0 radical (unpaired) electrons. The molecule has 3 N–H and O–H groups in total. The number of anilines is 2. The monoisotopic (exact) mass is 522 g/mol. The molecular weight excluding hydrogens is 501 g/mol. The van der Waals surface area contributed by atoms with Gasteiger partial charge in [0.05, 0.1) is 22.7 Å². The van der Waals surface area contributed by atoms with Gasteiger partial charge in [0.1, 0.15) is 0 Å². The molecule has 184 valence electrons. The Morgan fingerprint density at radius 1 is 1.26 bits per heavy atom. The van der Waals surface area contributed by atoms with E-state index in [2.05, 4.69) is 10.3 Å². The molecule has 0 aliphatic heterocycles. The second-order valence-corrected chi connectivity index (χ2v) is 8.92. The summed E-state index contributed by atoms with van der Waals surface area (Å²) in [6.07, 6.45) is -2.11. The van der Waals surface area contributed by atoms with Gasteiger partial charge in [0.25, 0.3) is 0 Å². The molecular formula is C24H22ClF3N4O2S. The molecule has 0 atom stereocenters. The molecule has 0 aliphatic carbocycles. The van der Waals surface area contributed by atoms with Crippen molar-refractivity contribution >= 4 is 47.2 Å². The number of nitrogens with zero attached hydrogens (tertiary/aromatic N) is 2. The van der Waals surface area contributed by atoms with Gasteiger partial charge in [-0.1, -0.05) is 24.6 Å². The zero-order valence-corrected chi connectivity index (χ0v) is 20.4. The van der Waals surface area contributed by atoms with Crippen LogP contribution in [-0.4, -0.2) is 29.3 Å². The van der Waals surface area contributed by atoms with E-state index in [0.29, 0.717) is 12.0 Å². The van der Waals surface area contributed by atoms with Gasteiger partial charge >= 0.3 is 12.1 Å². The highest BCUT2D eigenvalue weighted by molar-refractivity contribution is 8.00. The third-order valence-electron chi connectivity index (χ3n) is 5.15. The van der Waals surface area contributed by atoms with E-state index in [0.717, 1.165) is 34.0 Å².